The Morgan fingerprint density at radius 1 is 1.21 bits per heavy atom. The summed E-state index contributed by atoms with van der Waals surface area (Å²) in [4.78, 5) is 23.2. The van der Waals surface area contributed by atoms with Crippen LogP contribution in [0.2, 0.25) is 0 Å². The number of nitrogens with zero attached hydrogens (tertiary/aromatic N) is 2. The van der Waals surface area contributed by atoms with E-state index in [9.17, 15) is 22.8 Å². The normalized spacial score (nSPS) is 15.2. The monoisotopic (exact) mass is 345 g/mol. The minimum atomic E-state index is -5.09. The first kappa shape index (κ1) is 18.1. The number of amides is 2. The van der Waals surface area contributed by atoms with Gasteiger partial charge in [0.15, 0.2) is 6.73 Å². The van der Waals surface area contributed by atoms with Crippen molar-refractivity contribution >= 4 is 17.7 Å². The molecule has 0 aliphatic carbocycles. The third-order valence-corrected chi connectivity index (χ3v) is 3.51. The Morgan fingerprint density at radius 2 is 1.79 bits per heavy atom. The van der Waals surface area contributed by atoms with E-state index in [1.54, 1.807) is 29.3 Å². The second kappa shape index (κ2) is 7.52. The maximum Gasteiger partial charge on any atom is 0.490 e. The van der Waals surface area contributed by atoms with E-state index in [-0.39, 0.29) is 0 Å². The van der Waals surface area contributed by atoms with Crippen LogP contribution in [0.4, 0.5) is 23.7 Å². The number of hydrazine groups is 1. The Balaban J connectivity index is 2.03. The van der Waals surface area contributed by atoms with Crippen molar-refractivity contribution in [2.45, 2.75) is 25.9 Å². The van der Waals surface area contributed by atoms with Gasteiger partial charge >= 0.3 is 18.2 Å². The first-order valence-corrected chi connectivity index (χ1v) is 7.41. The number of ether oxygens (including phenoxy) is 1. The zero-order valence-corrected chi connectivity index (χ0v) is 13.1. The summed E-state index contributed by atoms with van der Waals surface area (Å²) in [7, 11) is 0. The average molecular weight is 345 g/mol. The van der Waals surface area contributed by atoms with E-state index in [4.69, 9.17) is 0 Å². The lowest BCUT2D eigenvalue weighted by Crippen LogP contribution is -2.49. The molecule has 1 aliphatic rings. The lowest BCUT2D eigenvalue weighted by Gasteiger charge is -2.30. The second-order valence-corrected chi connectivity index (χ2v) is 5.42. The van der Waals surface area contributed by atoms with Gasteiger partial charge in [-0.25, -0.2) is 19.6 Å². The summed E-state index contributed by atoms with van der Waals surface area (Å²) in [6.45, 7) is 2.10. The molecule has 24 heavy (non-hydrogen) atoms. The SMILES string of the molecule is Cc1ccc(NC(=O)N(COC(=O)C(F)(F)F)N2CCCC2)cc1. The van der Waals surface area contributed by atoms with Gasteiger partial charge in [-0.2, -0.15) is 13.2 Å². The molecule has 1 aromatic rings. The van der Waals surface area contributed by atoms with Gasteiger partial charge in [-0.05, 0) is 31.9 Å². The number of carbonyl (C=O) groups is 2. The van der Waals surface area contributed by atoms with Crippen molar-refractivity contribution in [2.24, 2.45) is 0 Å². The van der Waals surface area contributed by atoms with E-state index in [0.717, 1.165) is 23.4 Å². The molecule has 0 saturated carbocycles. The van der Waals surface area contributed by atoms with E-state index in [1.807, 2.05) is 6.92 Å². The fourth-order valence-corrected chi connectivity index (χ4v) is 2.24. The van der Waals surface area contributed by atoms with E-state index in [2.05, 4.69) is 10.1 Å². The number of hydrogen-bond donors (Lipinski definition) is 1. The molecule has 6 nitrogen and oxygen atoms in total. The van der Waals surface area contributed by atoms with E-state index in [1.165, 1.54) is 0 Å². The molecular formula is C15H18F3N3O3. The van der Waals surface area contributed by atoms with Crippen LogP contribution >= 0.6 is 0 Å². The molecule has 2 rings (SSSR count). The number of rotatable bonds is 4. The Kier molecular flexibility index (Phi) is 5.66. The predicted molar refractivity (Wildman–Crippen MR) is 79.9 cm³/mol. The van der Waals surface area contributed by atoms with Crippen molar-refractivity contribution in [3.05, 3.63) is 29.8 Å². The highest BCUT2D eigenvalue weighted by molar-refractivity contribution is 5.89. The molecule has 9 heteroatoms. The Bertz CT molecular complexity index is 584. The predicted octanol–water partition coefficient (Wildman–Crippen LogP) is 2.90. The van der Waals surface area contributed by atoms with Crippen molar-refractivity contribution in [3.63, 3.8) is 0 Å². The molecule has 1 heterocycles. The molecule has 1 saturated heterocycles. The molecular weight excluding hydrogens is 327 g/mol. The summed E-state index contributed by atoms with van der Waals surface area (Å²) in [6, 6.07) is 6.28. The molecule has 132 valence electrons. The number of halogens is 3. The van der Waals surface area contributed by atoms with Crippen LogP contribution in [-0.4, -0.2) is 48.0 Å². The lowest BCUT2D eigenvalue weighted by molar-refractivity contribution is -0.206. The van der Waals surface area contributed by atoms with Crippen molar-refractivity contribution in [2.75, 3.05) is 25.1 Å². The maximum absolute atomic E-state index is 12.3. The van der Waals surface area contributed by atoms with Crippen LogP contribution in [0.3, 0.4) is 0 Å². The molecule has 0 spiro atoms. The van der Waals surface area contributed by atoms with Gasteiger partial charge in [-0.1, -0.05) is 17.7 Å². The van der Waals surface area contributed by atoms with Gasteiger partial charge in [-0.15, -0.1) is 0 Å². The molecule has 1 aromatic carbocycles. The number of aryl methyl sites for hydroxylation is 1. The number of hydrogen-bond acceptors (Lipinski definition) is 4. The Labute approximate surface area is 137 Å². The average Bonchev–Trinajstić information content (AvgIpc) is 3.03. The van der Waals surface area contributed by atoms with Crippen molar-refractivity contribution in [1.29, 1.82) is 0 Å². The van der Waals surface area contributed by atoms with Crippen molar-refractivity contribution in [1.82, 2.24) is 10.0 Å². The number of anilines is 1. The fourth-order valence-electron chi connectivity index (χ4n) is 2.24. The number of alkyl halides is 3. The highest BCUT2D eigenvalue weighted by atomic mass is 19.4. The molecule has 0 aromatic heterocycles. The molecule has 1 aliphatic heterocycles. The summed E-state index contributed by atoms with van der Waals surface area (Å²) in [5.41, 5.74) is 1.50. The largest absolute Gasteiger partial charge is 0.490 e. The molecule has 0 unspecified atom stereocenters. The van der Waals surface area contributed by atoms with Gasteiger partial charge in [-0.3, -0.25) is 0 Å². The molecule has 1 N–H and O–H groups in total. The highest BCUT2D eigenvalue weighted by Gasteiger charge is 2.41. The van der Waals surface area contributed by atoms with Gasteiger partial charge < -0.3 is 10.1 Å². The summed E-state index contributed by atoms with van der Waals surface area (Å²) in [5.74, 6) is -2.32. The Hall–Kier alpha value is -2.29. The first-order valence-electron chi connectivity index (χ1n) is 7.41. The van der Waals surface area contributed by atoms with Crippen molar-refractivity contribution in [3.8, 4) is 0 Å². The molecule has 1 fully saturated rings. The smallest absolute Gasteiger partial charge is 0.436 e. The van der Waals surface area contributed by atoms with E-state index >= 15 is 0 Å². The Morgan fingerprint density at radius 3 is 2.33 bits per heavy atom. The number of esters is 1. The minimum absolute atomic E-state index is 0.497. The zero-order valence-electron chi connectivity index (χ0n) is 13.1. The van der Waals surface area contributed by atoms with E-state index in [0.29, 0.717) is 18.8 Å². The highest BCUT2D eigenvalue weighted by Crippen LogP contribution is 2.18. The standard InChI is InChI=1S/C15H18F3N3O3/c1-11-4-6-12(7-5-11)19-14(23)21(20-8-2-3-9-20)10-24-13(22)15(16,17)18/h4-7H,2-3,8-10H2,1H3,(H,19,23). The third kappa shape index (κ3) is 4.85. The quantitative estimate of drug-likeness (QED) is 0.673. The van der Waals surface area contributed by atoms with Crippen LogP contribution < -0.4 is 5.32 Å². The molecule has 2 amide bonds. The topological polar surface area (TPSA) is 61.9 Å². The first-order chi connectivity index (χ1) is 11.3. The van der Waals surface area contributed by atoms with Gasteiger partial charge in [0, 0.05) is 18.8 Å². The fraction of sp³-hybridized carbons (Fsp3) is 0.467. The molecule has 0 atom stereocenters. The number of urea groups is 1. The van der Waals surface area contributed by atoms with Crippen LogP contribution in [0.5, 0.6) is 0 Å². The lowest BCUT2D eigenvalue weighted by atomic mass is 10.2. The molecule has 0 radical (unpaired) electrons. The maximum atomic E-state index is 12.3. The molecule has 0 bridgehead atoms. The summed E-state index contributed by atoms with van der Waals surface area (Å²) in [6.07, 6.45) is -3.48. The van der Waals surface area contributed by atoms with Gasteiger partial charge in [0.2, 0.25) is 0 Å². The van der Waals surface area contributed by atoms with Crippen molar-refractivity contribution < 1.29 is 27.5 Å². The van der Waals surface area contributed by atoms with Gasteiger partial charge in [0.1, 0.15) is 0 Å². The summed E-state index contributed by atoms with van der Waals surface area (Å²) >= 11 is 0. The van der Waals surface area contributed by atoms with E-state index < -0.39 is 24.9 Å². The van der Waals surface area contributed by atoms with Crippen LogP contribution in [0.15, 0.2) is 24.3 Å². The van der Waals surface area contributed by atoms with Crippen LogP contribution in [-0.2, 0) is 9.53 Å². The number of carbonyl (C=O) groups excluding carboxylic acids is 2. The van der Waals surface area contributed by atoms with Gasteiger partial charge in [0.25, 0.3) is 0 Å². The van der Waals surface area contributed by atoms with Crippen LogP contribution in [0.25, 0.3) is 0 Å². The van der Waals surface area contributed by atoms with Gasteiger partial charge in [0.05, 0.1) is 0 Å². The number of nitrogens with one attached hydrogen (secondary N) is 1. The van der Waals surface area contributed by atoms with Crippen LogP contribution in [0.1, 0.15) is 18.4 Å². The third-order valence-electron chi connectivity index (χ3n) is 3.51. The zero-order chi connectivity index (χ0) is 17.7. The number of benzene rings is 1. The second-order valence-electron chi connectivity index (χ2n) is 5.42. The summed E-state index contributed by atoms with van der Waals surface area (Å²) < 4.78 is 41.0. The van der Waals surface area contributed by atoms with Crippen LogP contribution in [0, 0.1) is 6.92 Å². The summed E-state index contributed by atoms with van der Waals surface area (Å²) in [5, 5.41) is 5.13. The minimum Gasteiger partial charge on any atom is -0.436 e.